The van der Waals surface area contributed by atoms with E-state index in [9.17, 15) is 13.2 Å². The molecule has 0 bridgehead atoms. The van der Waals surface area contributed by atoms with Crippen LogP contribution in [0.1, 0.15) is 5.56 Å². The van der Waals surface area contributed by atoms with Crippen molar-refractivity contribution in [2.24, 2.45) is 0 Å². The Morgan fingerprint density at radius 3 is 2.77 bits per heavy atom. The number of ether oxygens (including phenoxy) is 2. The number of nitrogens with zero attached hydrogens (tertiary/aromatic N) is 3. The molecular weight excluding hydrogens is 420 g/mol. The van der Waals surface area contributed by atoms with Gasteiger partial charge in [-0.25, -0.2) is 4.98 Å². The molecule has 2 aliphatic heterocycles. The van der Waals surface area contributed by atoms with E-state index in [0.29, 0.717) is 49.1 Å². The largest absolute Gasteiger partial charge is 0.486 e. The Labute approximate surface area is 179 Å². The first kappa shape index (κ1) is 19.4. The number of aromatic nitrogens is 2. The van der Waals surface area contributed by atoms with Crippen molar-refractivity contribution in [1.29, 1.82) is 0 Å². The Morgan fingerprint density at radius 1 is 1.10 bits per heavy atom. The maximum atomic E-state index is 13.0. The van der Waals surface area contributed by atoms with Crippen molar-refractivity contribution in [3.8, 4) is 11.5 Å². The summed E-state index contributed by atoms with van der Waals surface area (Å²) in [4.78, 5) is 16.5. The molecule has 9 nitrogen and oxygen atoms in total. The van der Waals surface area contributed by atoms with Gasteiger partial charge >= 0.3 is 0 Å². The van der Waals surface area contributed by atoms with Crippen LogP contribution >= 0.6 is 0 Å². The molecule has 10 heteroatoms. The molecule has 0 fully saturated rings. The predicted molar refractivity (Wildman–Crippen MR) is 113 cm³/mol. The molecule has 2 aliphatic rings. The lowest BCUT2D eigenvalue weighted by Gasteiger charge is -2.19. The molecule has 0 aliphatic carbocycles. The van der Waals surface area contributed by atoms with Crippen LogP contribution in [-0.2, 0) is 27.8 Å². The molecule has 1 aromatic heterocycles. The number of fused-ring (bicyclic) bond motifs is 2. The second-order valence-electron chi connectivity index (χ2n) is 7.25. The van der Waals surface area contributed by atoms with E-state index in [1.54, 1.807) is 24.3 Å². The molecule has 0 unspecified atom stereocenters. The SMILES string of the molecule is O=C(Cn1cnc(S(=O)(=O)N2CCc3ccccc32)c1)Nc1ccc2c(c1)OCCO2. The van der Waals surface area contributed by atoms with Gasteiger partial charge in [-0.2, -0.15) is 8.42 Å². The Balaban J connectivity index is 1.28. The fourth-order valence-corrected chi connectivity index (χ4v) is 5.16. The zero-order valence-corrected chi connectivity index (χ0v) is 17.3. The summed E-state index contributed by atoms with van der Waals surface area (Å²) in [7, 11) is -3.80. The topological polar surface area (TPSA) is 103 Å². The average molecular weight is 440 g/mol. The van der Waals surface area contributed by atoms with Crippen LogP contribution in [0.4, 0.5) is 11.4 Å². The van der Waals surface area contributed by atoms with Crippen LogP contribution in [0.2, 0.25) is 0 Å². The van der Waals surface area contributed by atoms with E-state index >= 15 is 0 Å². The van der Waals surface area contributed by atoms with Gasteiger partial charge in [0.25, 0.3) is 10.0 Å². The van der Waals surface area contributed by atoms with E-state index in [-0.39, 0.29) is 17.5 Å². The lowest BCUT2D eigenvalue weighted by atomic mass is 10.2. The van der Waals surface area contributed by atoms with E-state index in [2.05, 4.69) is 10.3 Å². The highest BCUT2D eigenvalue weighted by atomic mass is 32.2. The summed E-state index contributed by atoms with van der Waals surface area (Å²) >= 11 is 0. The van der Waals surface area contributed by atoms with Crippen LogP contribution in [0.15, 0.2) is 60.0 Å². The van der Waals surface area contributed by atoms with E-state index in [4.69, 9.17) is 9.47 Å². The van der Waals surface area contributed by atoms with Crippen LogP contribution < -0.4 is 19.1 Å². The number of nitrogens with one attached hydrogen (secondary N) is 1. The Bertz CT molecular complexity index is 1250. The predicted octanol–water partition coefficient (Wildman–Crippen LogP) is 2.04. The number of amides is 1. The van der Waals surface area contributed by atoms with Gasteiger partial charge in [0, 0.05) is 24.5 Å². The fraction of sp³-hybridized carbons (Fsp3) is 0.238. The van der Waals surface area contributed by atoms with Gasteiger partial charge in [-0.1, -0.05) is 18.2 Å². The van der Waals surface area contributed by atoms with Crippen molar-refractivity contribution >= 4 is 27.3 Å². The lowest BCUT2D eigenvalue weighted by molar-refractivity contribution is -0.116. The molecule has 31 heavy (non-hydrogen) atoms. The molecular formula is C21H20N4O5S. The highest BCUT2D eigenvalue weighted by Crippen LogP contribution is 2.33. The van der Waals surface area contributed by atoms with Crippen molar-refractivity contribution < 1.29 is 22.7 Å². The van der Waals surface area contributed by atoms with E-state index < -0.39 is 10.0 Å². The first-order valence-corrected chi connectivity index (χ1v) is 11.3. The number of hydrogen-bond acceptors (Lipinski definition) is 6. The number of carbonyl (C=O) groups is 1. The van der Waals surface area contributed by atoms with Crippen LogP contribution in [0.25, 0.3) is 0 Å². The van der Waals surface area contributed by atoms with Crippen LogP contribution in [0.5, 0.6) is 11.5 Å². The van der Waals surface area contributed by atoms with Crippen molar-refractivity contribution in [2.45, 2.75) is 18.0 Å². The summed E-state index contributed by atoms with van der Waals surface area (Å²) in [5.41, 5.74) is 2.23. The van der Waals surface area contributed by atoms with Crippen molar-refractivity contribution in [2.75, 3.05) is 29.4 Å². The second kappa shape index (κ2) is 7.62. The van der Waals surface area contributed by atoms with Gasteiger partial charge in [0.1, 0.15) is 19.8 Å². The van der Waals surface area contributed by atoms with Gasteiger partial charge in [0.2, 0.25) is 5.91 Å². The molecule has 1 amide bonds. The molecule has 5 rings (SSSR count). The first-order chi connectivity index (χ1) is 15.0. The maximum absolute atomic E-state index is 13.0. The van der Waals surface area contributed by atoms with Crippen molar-refractivity contribution in [3.63, 3.8) is 0 Å². The van der Waals surface area contributed by atoms with Gasteiger partial charge in [0.05, 0.1) is 12.0 Å². The highest BCUT2D eigenvalue weighted by molar-refractivity contribution is 7.92. The van der Waals surface area contributed by atoms with E-state index in [1.165, 1.54) is 21.4 Å². The number of rotatable bonds is 5. The first-order valence-electron chi connectivity index (χ1n) is 9.83. The summed E-state index contributed by atoms with van der Waals surface area (Å²) in [6, 6.07) is 12.6. The normalized spacial score (nSPS) is 14.9. The average Bonchev–Trinajstić information content (AvgIpc) is 3.41. The van der Waals surface area contributed by atoms with E-state index in [0.717, 1.165) is 5.56 Å². The number of imidazole rings is 1. The summed E-state index contributed by atoms with van der Waals surface area (Å²) in [6.07, 6.45) is 3.38. The molecule has 0 atom stereocenters. The minimum Gasteiger partial charge on any atom is -0.486 e. The van der Waals surface area contributed by atoms with Crippen LogP contribution in [0, 0.1) is 0 Å². The maximum Gasteiger partial charge on any atom is 0.283 e. The minimum atomic E-state index is -3.80. The summed E-state index contributed by atoms with van der Waals surface area (Å²) in [6.45, 7) is 1.25. The number of anilines is 2. The number of benzene rings is 2. The molecule has 3 aromatic rings. The van der Waals surface area contributed by atoms with Gasteiger partial charge < -0.3 is 19.4 Å². The van der Waals surface area contributed by atoms with Gasteiger partial charge in [-0.05, 0) is 30.2 Å². The molecule has 2 aromatic carbocycles. The van der Waals surface area contributed by atoms with Crippen LogP contribution in [0.3, 0.4) is 0 Å². The molecule has 160 valence electrons. The number of sulfonamides is 1. The Morgan fingerprint density at radius 2 is 1.90 bits per heavy atom. The number of hydrogen-bond donors (Lipinski definition) is 1. The van der Waals surface area contributed by atoms with Gasteiger partial charge in [-0.15, -0.1) is 0 Å². The molecule has 1 N–H and O–H groups in total. The smallest absolute Gasteiger partial charge is 0.283 e. The molecule has 0 radical (unpaired) electrons. The zero-order valence-electron chi connectivity index (χ0n) is 16.5. The third-order valence-electron chi connectivity index (χ3n) is 5.16. The molecule has 3 heterocycles. The lowest BCUT2D eigenvalue weighted by Crippen LogP contribution is -2.29. The standard InChI is InChI=1S/C21H20N4O5S/c26-20(23-16-5-6-18-19(11-16)30-10-9-29-18)12-24-13-21(22-14-24)31(27,28)25-8-7-15-3-1-2-4-17(15)25/h1-6,11,13-14H,7-10,12H2,(H,23,26). The second-order valence-corrected chi connectivity index (χ2v) is 9.06. The van der Waals surface area contributed by atoms with Gasteiger partial charge in [-0.3, -0.25) is 9.10 Å². The van der Waals surface area contributed by atoms with Crippen molar-refractivity contribution in [3.05, 3.63) is 60.6 Å². The van der Waals surface area contributed by atoms with Gasteiger partial charge in [0.15, 0.2) is 16.5 Å². The Hall–Kier alpha value is -3.53. The quantitative estimate of drug-likeness (QED) is 0.651. The summed E-state index contributed by atoms with van der Waals surface area (Å²) in [5, 5.41) is 2.69. The van der Waals surface area contributed by atoms with E-state index in [1.807, 2.05) is 18.2 Å². The summed E-state index contributed by atoms with van der Waals surface area (Å²) < 4.78 is 39.9. The number of para-hydroxylation sites is 1. The molecule has 0 saturated carbocycles. The number of carbonyl (C=O) groups excluding carboxylic acids is 1. The molecule has 0 saturated heterocycles. The molecule has 0 spiro atoms. The Kier molecular flexibility index (Phi) is 4.78. The zero-order chi connectivity index (χ0) is 21.4. The fourth-order valence-electron chi connectivity index (χ4n) is 3.72. The highest BCUT2D eigenvalue weighted by Gasteiger charge is 2.32. The third-order valence-corrected chi connectivity index (χ3v) is 6.86. The minimum absolute atomic E-state index is 0.0758. The van der Waals surface area contributed by atoms with Crippen LogP contribution in [-0.4, -0.2) is 43.6 Å². The summed E-state index contributed by atoms with van der Waals surface area (Å²) in [5.74, 6) is 0.896. The monoisotopic (exact) mass is 440 g/mol. The van der Waals surface area contributed by atoms with Crippen molar-refractivity contribution in [1.82, 2.24) is 9.55 Å². The third kappa shape index (κ3) is 3.70.